The lowest BCUT2D eigenvalue weighted by Gasteiger charge is -2.19. The summed E-state index contributed by atoms with van der Waals surface area (Å²) in [5.74, 6) is 0. The largest absolute Gasteiger partial charge is 0.406 e. The van der Waals surface area contributed by atoms with Gasteiger partial charge in [0.1, 0.15) is 12.1 Å². The molecule has 5 heteroatoms. The highest BCUT2D eigenvalue weighted by molar-refractivity contribution is 5.18. The molecule has 0 bridgehead atoms. The Bertz CT molecular complexity index is 352. The number of benzene rings is 1. The fraction of sp³-hybridized carbons (Fsp3) is 0.455. The Labute approximate surface area is 91.6 Å². The fourth-order valence-electron chi connectivity index (χ4n) is 1.87. The Hall–Kier alpha value is -1.07. The third-order valence-corrected chi connectivity index (χ3v) is 2.72. The van der Waals surface area contributed by atoms with Crippen molar-refractivity contribution in [2.24, 2.45) is 0 Å². The van der Waals surface area contributed by atoms with Crippen LogP contribution in [0.25, 0.3) is 0 Å². The quantitative estimate of drug-likeness (QED) is 0.736. The van der Waals surface area contributed by atoms with Crippen molar-refractivity contribution in [2.45, 2.75) is 24.7 Å². The molecule has 1 heterocycles. The molecule has 2 nitrogen and oxygen atoms in total. The van der Waals surface area contributed by atoms with Gasteiger partial charge in [0.2, 0.25) is 0 Å². The number of hydroxylamine groups is 2. The lowest BCUT2D eigenvalue weighted by molar-refractivity contribution is -0.232. The second-order valence-electron chi connectivity index (χ2n) is 3.84. The summed E-state index contributed by atoms with van der Waals surface area (Å²) in [6, 6.07) is 7.44. The molecule has 0 aromatic heterocycles. The molecule has 0 N–H and O–H groups in total. The van der Waals surface area contributed by atoms with Crippen LogP contribution in [0.15, 0.2) is 30.3 Å². The number of halogens is 3. The average molecular weight is 231 g/mol. The van der Waals surface area contributed by atoms with Crippen molar-refractivity contribution in [1.29, 1.82) is 0 Å². The molecule has 16 heavy (non-hydrogen) atoms. The van der Waals surface area contributed by atoms with Gasteiger partial charge in [-0.05, 0) is 5.56 Å². The molecule has 1 aromatic rings. The van der Waals surface area contributed by atoms with E-state index in [1.165, 1.54) is 7.05 Å². The first-order valence-corrected chi connectivity index (χ1v) is 5.00. The number of hydrogen-bond donors (Lipinski definition) is 0. The minimum Gasteiger partial charge on any atom is -0.291 e. The number of alkyl halides is 3. The molecule has 1 fully saturated rings. The van der Waals surface area contributed by atoms with Crippen LogP contribution in [0.4, 0.5) is 13.2 Å². The van der Waals surface area contributed by atoms with Crippen molar-refractivity contribution >= 4 is 0 Å². The summed E-state index contributed by atoms with van der Waals surface area (Å²) in [6.45, 7) is 0. The molecular weight excluding hydrogens is 219 g/mol. The maximum Gasteiger partial charge on any atom is 0.406 e. The zero-order valence-electron chi connectivity index (χ0n) is 8.74. The average Bonchev–Trinajstić information content (AvgIpc) is 2.61. The van der Waals surface area contributed by atoms with Gasteiger partial charge in [-0.2, -0.15) is 18.2 Å². The Kier molecular flexibility index (Phi) is 2.90. The number of hydrogen-bond acceptors (Lipinski definition) is 2. The molecule has 2 atom stereocenters. The van der Waals surface area contributed by atoms with E-state index < -0.39 is 18.3 Å². The van der Waals surface area contributed by atoms with Gasteiger partial charge in [0, 0.05) is 13.5 Å². The van der Waals surface area contributed by atoms with Crippen molar-refractivity contribution in [2.75, 3.05) is 7.05 Å². The van der Waals surface area contributed by atoms with Crippen LogP contribution in [0.1, 0.15) is 18.1 Å². The second-order valence-corrected chi connectivity index (χ2v) is 3.84. The summed E-state index contributed by atoms with van der Waals surface area (Å²) in [7, 11) is 1.32. The minimum atomic E-state index is -4.24. The first-order chi connectivity index (χ1) is 7.48. The predicted molar refractivity (Wildman–Crippen MR) is 52.5 cm³/mol. The van der Waals surface area contributed by atoms with Crippen molar-refractivity contribution < 1.29 is 18.0 Å². The zero-order valence-corrected chi connectivity index (χ0v) is 8.74. The van der Waals surface area contributed by atoms with E-state index in [9.17, 15) is 13.2 Å². The van der Waals surface area contributed by atoms with Crippen LogP contribution in [-0.4, -0.2) is 24.3 Å². The topological polar surface area (TPSA) is 12.5 Å². The maximum atomic E-state index is 12.6. The van der Waals surface area contributed by atoms with Gasteiger partial charge in [0.25, 0.3) is 0 Å². The molecule has 0 unspecified atom stereocenters. The van der Waals surface area contributed by atoms with Crippen LogP contribution in [-0.2, 0) is 4.84 Å². The highest BCUT2D eigenvalue weighted by Crippen LogP contribution is 2.39. The van der Waals surface area contributed by atoms with Gasteiger partial charge in [-0.1, -0.05) is 30.3 Å². The Morgan fingerprint density at radius 3 is 2.38 bits per heavy atom. The van der Waals surface area contributed by atoms with Gasteiger partial charge in [0.05, 0.1) is 0 Å². The van der Waals surface area contributed by atoms with Crippen molar-refractivity contribution in [3.05, 3.63) is 35.9 Å². The van der Waals surface area contributed by atoms with Gasteiger partial charge in [-0.25, -0.2) is 0 Å². The first kappa shape index (κ1) is 11.4. The van der Waals surface area contributed by atoms with Gasteiger partial charge in [-0.3, -0.25) is 4.84 Å². The molecule has 1 saturated heterocycles. The minimum absolute atomic E-state index is 0.0516. The van der Waals surface area contributed by atoms with Gasteiger partial charge in [-0.15, -0.1) is 0 Å². The van der Waals surface area contributed by atoms with E-state index in [2.05, 4.69) is 0 Å². The van der Waals surface area contributed by atoms with Crippen LogP contribution < -0.4 is 0 Å². The highest BCUT2D eigenvalue weighted by Gasteiger charge is 2.49. The zero-order chi connectivity index (χ0) is 11.8. The summed E-state index contributed by atoms with van der Waals surface area (Å²) in [6.07, 6.45) is -4.79. The van der Waals surface area contributed by atoms with Crippen molar-refractivity contribution in [3.63, 3.8) is 0 Å². The van der Waals surface area contributed by atoms with Gasteiger partial charge < -0.3 is 0 Å². The van der Waals surface area contributed by atoms with E-state index in [-0.39, 0.29) is 6.42 Å². The molecule has 1 aliphatic heterocycles. The van der Waals surface area contributed by atoms with Crippen molar-refractivity contribution in [1.82, 2.24) is 5.06 Å². The Balaban J connectivity index is 2.13. The van der Waals surface area contributed by atoms with E-state index in [0.717, 1.165) is 10.6 Å². The molecule has 1 aliphatic rings. The SMILES string of the molecule is CN1O[C@H](c2ccccc2)C[C@H]1C(F)(F)F. The summed E-state index contributed by atoms with van der Waals surface area (Å²) >= 11 is 0. The first-order valence-electron chi connectivity index (χ1n) is 5.00. The van der Waals surface area contributed by atoms with Crippen LogP contribution in [0.2, 0.25) is 0 Å². The molecule has 0 radical (unpaired) electrons. The van der Waals surface area contributed by atoms with Gasteiger partial charge >= 0.3 is 6.18 Å². The van der Waals surface area contributed by atoms with E-state index >= 15 is 0 Å². The molecule has 2 rings (SSSR count). The number of rotatable bonds is 1. The Morgan fingerprint density at radius 1 is 1.25 bits per heavy atom. The summed E-state index contributed by atoms with van der Waals surface area (Å²) in [5.41, 5.74) is 0.779. The lowest BCUT2D eigenvalue weighted by atomic mass is 10.0. The van der Waals surface area contributed by atoms with Crippen LogP contribution in [0.5, 0.6) is 0 Å². The van der Waals surface area contributed by atoms with Gasteiger partial charge in [0.15, 0.2) is 0 Å². The van der Waals surface area contributed by atoms with Crippen LogP contribution in [0, 0.1) is 0 Å². The smallest absolute Gasteiger partial charge is 0.291 e. The lowest BCUT2D eigenvalue weighted by Crippen LogP contribution is -2.37. The summed E-state index contributed by atoms with van der Waals surface area (Å²) in [5, 5.41) is 0.900. The predicted octanol–water partition coefficient (Wildman–Crippen LogP) is 2.93. The van der Waals surface area contributed by atoms with Crippen molar-refractivity contribution in [3.8, 4) is 0 Å². The highest BCUT2D eigenvalue weighted by atomic mass is 19.4. The number of nitrogens with zero attached hydrogens (tertiary/aromatic N) is 1. The van der Waals surface area contributed by atoms with E-state index in [0.29, 0.717) is 0 Å². The Morgan fingerprint density at radius 2 is 1.88 bits per heavy atom. The molecule has 0 spiro atoms. The van der Waals surface area contributed by atoms with E-state index in [1.807, 2.05) is 6.07 Å². The van der Waals surface area contributed by atoms with E-state index in [1.54, 1.807) is 24.3 Å². The molecule has 0 saturated carbocycles. The third-order valence-electron chi connectivity index (χ3n) is 2.72. The summed E-state index contributed by atoms with van der Waals surface area (Å²) in [4.78, 5) is 5.20. The standard InChI is InChI=1S/C11H12F3NO/c1-15-10(11(12,13)14)7-9(16-15)8-5-3-2-4-6-8/h2-6,9-10H,7H2,1H3/t9-,10-/m0/s1. The normalized spacial score (nSPS) is 27.2. The van der Waals surface area contributed by atoms with Crippen LogP contribution in [0.3, 0.4) is 0 Å². The molecule has 1 aromatic carbocycles. The van der Waals surface area contributed by atoms with Crippen LogP contribution >= 0.6 is 0 Å². The maximum absolute atomic E-state index is 12.6. The molecule has 0 amide bonds. The fourth-order valence-corrected chi connectivity index (χ4v) is 1.87. The monoisotopic (exact) mass is 231 g/mol. The second kappa shape index (κ2) is 4.07. The summed E-state index contributed by atoms with van der Waals surface area (Å²) < 4.78 is 37.7. The molecule has 0 aliphatic carbocycles. The van der Waals surface area contributed by atoms with E-state index in [4.69, 9.17) is 4.84 Å². The third kappa shape index (κ3) is 2.20. The molecular formula is C11H12F3NO. The molecule has 88 valence electrons.